The first-order valence-electron chi connectivity index (χ1n) is 9.43. The van der Waals surface area contributed by atoms with Crippen LogP contribution in [0.4, 0.5) is 4.79 Å². The molecule has 1 heterocycles. The van der Waals surface area contributed by atoms with Gasteiger partial charge in [0.05, 0.1) is 20.1 Å². The number of hydrogen-bond donors (Lipinski definition) is 2. The zero-order chi connectivity index (χ0) is 20.0. The minimum absolute atomic E-state index is 0.0293. The summed E-state index contributed by atoms with van der Waals surface area (Å²) < 4.78 is 10.8. The molecule has 1 saturated heterocycles. The summed E-state index contributed by atoms with van der Waals surface area (Å²) in [6.45, 7) is 8.01. The van der Waals surface area contributed by atoms with Crippen LogP contribution in [-0.2, 0) is 4.79 Å². The number of carbonyl (C=O) groups excluding carboxylic acids is 2. The van der Waals surface area contributed by atoms with Gasteiger partial charge in [-0.05, 0) is 18.9 Å². The second-order valence-electron chi connectivity index (χ2n) is 7.20. The molecule has 0 radical (unpaired) electrons. The van der Waals surface area contributed by atoms with Crippen LogP contribution in [-0.4, -0.2) is 57.2 Å². The van der Waals surface area contributed by atoms with Gasteiger partial charge in [-0.15, -0.1) is 0 Å². The van der Waals surface area contributed by atoms with Gasteiger partial charge < -0.3 is 25.0 Å². The predicted molar refractivity (Wildman–Crippen MR) is 104 cm³/mol. The summed E-state index contributed by atoms with van der Waals surface area (Å²) in [6.07, 6.45) is 0. The lowest BCUT2D eigenvalue weighted by molar-refractivity contribution is -0.125. The van der Waals surface area contributed by atoms with Gasteiger partial charge in [0.15, 0.2) is 0 Å². The Labute approximate surface area is 161 Å². The number of amides is 3. The van der Waals surface area contributed by atoms with Gasteiger partial charge in [-0.1, -0.05) is 19.9 Å². The molecule has 1 aliphatic rings. The Morgan fingerprint density at radius 3 is 2.52 bits per heavy atom. The SMILES string of the molecule is CCNC(=O)N1CC(C(=O)NCC(C)C)C(c2ccc(OC)cc2OC)C1. The number of methoxy groups -OCH3 is 2. The fraction of sp³-hybridized carbons (Fsp3) is 0.600. The summed E-state index contributed by atoms with van der Waals surface area (Å²) in [5.74, 6) is 1.23. The van der Waals surface area contributed by atoms with E-state index in [0.717, 1.165) is 5.56 Å². The monoisotopic (exact) mass is 377 g/mol. The van der Waals surface area contributed by atoms with Crippen LogP contribution in [0.3, 0.4) is 0 Å². The van der Waals surface area contributed by atoms with Crippen molar-refractivity contribution in [1.82, 2.24) is 15.5 Å². The molecule has 7 nitrogen and oxygen atoms in total. The van der Waals surface area contributed by atoms with Crippen LogP contribution in [0.2, 0.25) is 0 Å². The molecule has 0 aromatic heterocycles. The molecular formula is C20H31N3O4. The number of benzene rings is 1. The number of ether oxygens (including phenoxy) is 2. The zero-order valence-corrected chi connectivity index (χ0v) is 16.9. The lowest BCUT2D eigenvalue weighted by atomic mass is 9.87. The quantitative estimate of drug-likeness (QED) is 0.764. The maximum absolute atomic E-state index is 12.8. The molecule has 0 bridgehead atoms. The molecule has 0 saturated carbocycles. The van der Waals surface area contributed by atoms with Gasteiger partial charge in [-0.2, -0.15) is 0 Å². The Morgan fingerprint density at radius 1 is 1.19 bits per heavy atom. The van der Waals surface area contributed by atoms with E-state index in [4.69, 9.17) is 9.47 Å². The first-order valence-corrected chi connectivity index (χ1v) is 9.43. The van der Waals surface area contributed by atoms with E-state index in [1.165, 1.54) is 0 Å². The second-order valence-corrected chi connectivity index (χ2v) is 7.20. The van der Waals surface area contributed by atoms with Gasteiger partial charge in [0, 0.05) is 43.7 Å². The van der Waals surface area contributed by atoms with Gasteiger partial charge in [0.1, 0.15) is 11.5 Å². The minimum Gasteiger partial charge on any atom is -0.497 e. The number of urea groups is 1. The highest BCUT2D eigenvalue weighted by atomic mass is 16.5. The summed E-state index contributed by atoms with van der Waals surface area (Å²) in [6, 6.07) is 5.45. The molecule has 0 spiro atoms. The van der Waals surface area contributed by atoms with E-state index in [0.29, 0.717) is 43.6 Å². The zero-order valence-electron chi connectivity index (χ0n) is 16.9. The molecule has 1 fully saturated rings. The molecule has 7 heteroatoms. The van der Waals surface area contributed by atoms with Crippen molar-refractivity contribution in [2.75, 3.05) is 40.4 Å². The van der Waals surface area contributed by atoms with E-state index in [-0.39, 0.29) is 23.8 Å². The number of likely N-dealkylation sites (tertiary alicyclic amines) is 1. The number of nitrogens with one attached hydrogen (secondary N) is 2. The third-order valence-electron chi connectivity index (χ3n) is 4.80. The van der Waals surface area contributed by atoms with Crippen molar-refractivity contribution in [3.8, 4) is 11.5 Å². The Kier molecular flexibility index (Phi) is 7.33. The summed E-state index contributed by atoms with van der Waals surface area (Å²) in [5.41, 5.74) is 0.912. The molecular weight excluding hydrogens is 346 g/mol. The van der Waals surface area contributed by atoms with Crippen molar-refractivity contribution in [2.24, 2.45) is 11.8 Å². The molecule has 2 rings (SSSR count). The average Bonchev–Trinajstić information content (AvgIpc) is 3.11. The normalized spacial score (nSPS) is 19.1. The van der Waals surface area contributed by atoms with E-state index in [1.54, 1.807) is 19.1 Å². The standard InChI is InChI=1S/C20H31N3O4/c1-6-21-20(25)23-11-16(17(12-23)19(24)22-10-13(2)3)15-8-7-14(26-4)9-18(15)27-5/h7-9,13,16-17H,6,10-12H2,1-5H3,(H,21,25)(H,22,24). The van der Waals surface area contributed by atoms with Crippen molar-refractivity contribution in [2.45, 2.75) is 26.7 Å². The Hall–Kier alpha value is -2.44. The Morgan fingerprint density at radius 2 is 1.93 bits per heavy atom. The number of rotatable bonds is 7. The molecule has 1 aromatic carbocycles. The molecule has 150 valence electrons. The van der Waals surface area contributed by atoms with E-state index >= 15 is 0 Å². The lowest BCUT2D eigenvalue weighted by Crippen LogP contribution is -2.40. The highest BCUT2D eigenvalue weighted by molar-refractivity contribution is 5.83. The summed E-state index contributed by atoms with van der Waals surface area (Å²) in [5, 5.41) is 5.83. The minimum atomic E-state index is -0.325. The second kappa shape index (κ2) is 9.48. The largest absolute Gasteiger partial charge is 0.497 e. The van der Waals surface area contributed by atoms with Crippen molar-refractivity contribution in [3.63, 3.8) is 0 Å². The Bertz CT molecular complexity index is 663. The van der Waals surface area contributed by atoms with E-state index < -0.39 is 0 Å². The van der Waals surface area contributed by atoms with Gasteiger partial charge in [-0.3, -0.25) is 4.79 Å². The van der Waals surface area contributed by atoms with Crippen molar-refractivity contribution in [1.29, 1.82) is 0 Å². The molecule has 2 unspecified atom stereocenters. The molecule has 1 aliphatic heterocycles. The third kappa shape index (κ3) is 5.05. The molecule has 2 N–H and O–H groups in total. The number of nitrogens with zero attached hydrogens (tertiary/aromatic N) is 1. The fourth-order valence-corrected chi connectivity index (χ4v) is 3.37. The van der Waals surface area contributed by atoms with Crippen LogP contribution in [0.15, 0.2) is 18.2 Å². The highest BCUT2D eigenvalue weighted by Crippen LogP contribution is 2.39. The van der Waals surface area contributed by atoms with Crippen LogP contribution in [0, 0.1) is 11.8 Å². The van der Waals surface area contributed by atoms with Crippen molar-refractivity contribution in [3.05, 3.63) is 23.8 Å². The van der Waals surface area contributed by atoms with Gasteiger partial charge >= 0.3 is 6.03 Å². The summed E-state index contributed by atoms with van der Waals surface area (Å²) in [4.78, 5) is 26.9. The molecule has 2 atom stereocenters. The van der Waals surface area contributed by atoms with Gasteiger partial charge in [0.2, 0.25) is 5.91 Å². The number of hydrogen-bond acceptors (Lipinski definition) is 4. The van der Waals surface area contributed by atoms with E-state index in [2.05, 4.69) is 24.5 Å². The molecule has 0 aliphatic carbocycles. The van der Waals surface area contributed by atoms with Crippen LogP contribution >= 0.6 is 0 Å². The first kappa shape index (κ1) is 20.9. The topological polar surface area (TPSA) is 79.9 Å². The van der Waals surface area contributed by atoms with Gasteiger partial charge in [0.25, 0.3) is 0 Å². The molecule has 1 aromatic rings. The van der Waals surface area contributed by atoms with Crippen molar-refractivity contribution < 1.29 is 19.1 Å². The van der Waals surface area contributed by atoms with Crippen LogP contribution < -0.4 is 20.1 Å². The summed E-state index contributed by atoms with van der Waals surface area (Å²) >= 11 is 0. The highest BCUT2D eigenvalue weighted by Gasteiger charge is 2.41. The van der Waals surface area contributed by atoms with Gasteiger partial charge in [-0.25, -0.2) is 4.79 Å². The maximum Gasteiger partial charge on any atom is 0.317 e. The lowest BCUT2D eigenvalue weighted by Gasteiger charge is -2.21. The first-order chi connectivity index (χ1) is 12.9. The Balaban J connectivity index is 2.31. The average molecular weight is 377 g/mol. The smallest absolute Gasteiger partial charge is 0.317 e. The molecule has 27 heavy (non-hydrogen) atoms. The fourth-order valence-electron chi connectivity index (χ4n) is 3.37. The maximum atomic E-state index is 12.8. The third-order valence-corrected chi connectivity index (χ3v) is 4.80. The van der Waals surface area contributed by atoms with Crippen LogP contribution in [0.1, 0.15) is 32.3 Å². The van der Waals surface area contributed by atoms with E-state index in [9.17, 15) is 9.59 Å². The van der Waals surface area contributed by atoms with E-state index in [1.807, 2.05) is 25.1 Å². The molecule has 3 amide bonds. The van der Waals surface area contributed by atoms with Crippen LogP contribution in [0.25, 0.3) is 0 Å². The van der Waals surface area contributed by atoms with Crippen LogP contribution in [0.5, 0.6) is 11.5 Å². The summed E-state index contributed by atoms with van der Waals surface area (Å²) in [7, 11) is 3.20. The number of carbonyl (C=O) groups is 2. The predicted octanol–water partition coefficient (Wildman–Crippen LogP) is 2.22. The van der Waals surface area contributed by atoms with Crippen molar-refractivity contribution >= 4 is 11.9 Å².